The van der Waals surface area contributed by atoms with Gasteiger partial charge in [-0.25, -0.2) is 9.59 Å². The van der Waals surface area contributed by atoms with E-state index in [9.17, 15) is 19.5 Å². The highest BCUT2D eigenvalue weighted by atomic mass is 16.6. The number of piperazine rings is 1. The summed E-state index contributed by atoms with van der Waals surface area (Å²) in [6, 6.07) is 4.84. The van der Waals surface area contributed by atoms with Crippen LogP contribution in [0, 0.1) is 0 Å². The van der Waals surface area contributed by atoms with Gasteiger partial charge in [0, 0.05) is 56.1 Å². The van der Waals surface area contributed by atoms with E-state index < -0.39 is 16.9 Å². The first-order valence-corrected chi connectivity index (χ1v) is 11.1. The molecule has 2 N–H and O–H groups in total. The Bertz CT molecular complexity index is 1130. The summed E-state index contributed by atoms with van der Waals surface area (Å²) in [4.78, 5) is 42.3. The topological polar surface area (TPSA) is 108 Å². The molecular weight excluding hydrogens is 424 g/mol. The Hall–Kier alpha value is -3.07. The molecule has 180 valence electrons. The maximum absolute atomic E-state index is 12.4. The molecule has 2 aromatic rings. The fourth-order valence-electron chi connectivity index (χ4n) is 3.79. The fraction of sp³-hybridized carbons (Fsp3) is 0.542. The molecule has 0 unspecified atom stereocenters. The first-order chi connectivity index (χ1) is 15.2. The van der Waals surface area contributed by atoms with Gasteiger partial charge in [0.25, 0.3) is 5.56 Å². The summed E-state index contributed by atoms with van der Waals surface area (Å²) >= 11 is 0. The summed E-state index contributed by atoms with van der Waals surface area (Å²) in [6.45, 7) is 14.3. The van der Waals surface area contributed by atoms with Crippen LogP contribution in [0.5, 0.6) is 5.75 Å². The minimum Gasteiger partial charge on any atom is -0.507 e. The molecule has 1 aliphatic heterocycles. The summed E-state index contributed by atoms with van der Waals surface area (Å²) in [5, 5.41) is 11.1. The van der Waals surface area contributed by atoms with Crippen molar-refractivity contribution in [3.05, 3.63) is 56.4 Å². The Morgan fingerprint density at radius 1 is 1.06 bits per heavy atom. The normalized spacial score (nSPS) is 15.5. The number of benzene rings is 1. The standard InChI is InChI=1S/C24H34N4O5/c1-23(2,3)18-14-17(28-8-7-19(29)25-21(28)31)13-16(20(18)30)15-26-9-11-27(12-10-26)22(32)33-24(4,5)6/h7-8,13-14,30H,9-12,15H2,1-6H3,(H,25,29,31). The molecule has 1 aromatic carbocycles. The second kappa shape index (κ2) is 9.05. The molecule has 33 heavy (non-hydrogen) atoms. The van der Waals surface area contributed by atoms with E-state index in [1.807, 2.05) is 41.5 Å². The zero-order valence-corrected chi connectivity index (χ0v) is 20.3. The number of nitrogens with zero attached hydrogens (tertiary/aromatic N) is 3. The molecule has 1 amide bonds. The van der Waals surface area contributed by atoms with E-state index in [-0.39, 0.29) is 17.3 Å². The molecule has 1 fully saturated rings. The van der Waals surface area contributed by atoms with Crippen LogP contribution in [0.1, 0.15) is 52.7 Å². The number of aromatic amines is 1. The molecule has 9 heteroatoms. The van der Waals surface area contributed by atoms with E-state index in [1.165, 1.54) is 16.8 Å². The Morgan fingerprint density at radius 2 is 1.70 bits per heavy atom. The number of hydrogen-bond acceptors (Lipinski definition) is 6. The number of aromatic hydroxyl groups is 1. The van der Waals surface area contributed by atoms with Crippen LogP contribution >= 0.6 is 0 Å². The number of carbonyl (C=O) groups excluding carboxylic acids is 1. The zero-order chi connectivity index (χ0) is 24.6. The number of rotatable bonds is 3. The number of phenols is 1. The van der Waals surface area contributed by atoms with Crippen LogP contribution in [0.4, 0.5) is 4.79 Å². The summed E-state index contributed by atoms with van der Waals surface area (Å²) in [6.07, 6.45) is 1.11. The fourth-order valence-corrected chi connectivity index (χ4v) is 3.79. The number of carbonyl (C=O) groups is 1. The summed E-state index contributed by atoms with van der Waals surface area (Å²) < 4.78 is 6.82. The van der Waals surface area contributed by atoms with Gasteiger partial charge >= 0.3 is 11.8 Å². The molecular formula is C24H34N4O5. The van der Waals surface area contributed by atoms with Crippen molar-refractivity contribution in [2.45, 2.75) is 59.1 Å². The average Bonchev–Trinajstić information content (AvgIpc) is 2.68. The van der Waals surface area contributed by atoms with E-state index >= 15 is 0 Å². The number of nitrogens with one attached hydrogen (secondary N) is 1. The maximum Gasteiger partial charge on any atom is 0.410 e. The van der Waals surface area contributed by atoms with Crippen molar-refractivity contribution in [1.82, 2.24) is 19.4 Å². The Labute approximate surface area is 193 Å². The third kappa shape index (κ3) is 6.04. The van der Waals surface area contributed by atoms with Gasteiger partial charge in [0.1, 0.15) is 11.4 Å². The van der Waals surface area contributed by atoms with Gasteiger partial charge in [0.2, 0.25) is 0 Å². The minimum absolute atomic E-state index is 0.193. The summed E-state index contributed by atoms with van der Waals surface area (Å²) in [7, 11) is 0. The molecule has 9 nitrogen and oxygen atoms in total. The predicted octanol–water partition coefficient (Wildman–Crippen LogP) is 2.58. The van der Waals surface area contributed by atoms with Crippen molar-refractivity contribution in [2.24, 2.45) is 0 Å². The number of aromatic nitrogens is 2. The van der Waals surface area contributed by atoms with Crippen molar-refractivity contribution in [2.75, 3.05) is 26.2 Å². The lowest BCUT2D eigenvalue weighted by atomic mass is 9.84. The number of amides is 1. The average molecular weight is 459 g/mol. The highest BCUT2D eigenvalue weighted by Crippen LogP contribution is 2.36. The van der Waals surface area contributed by atoms with Crippen molar-refractivity contribution < 1.29 is 14.6 Å². The predicted molar refractivity (Wildman–Crippen MR) is 126 cm³/mol. The largest absolute Gasteiger partial charge is 0.507 e. The second-order valence-corrected chi connectivity index (χ2v) is 10.5. The Morgan fingerprint density at radius 3 is 2.24 bits per heavy atom. The van der Waals surface area contributed by atoms with Gasteiger partial charge in [-0.3, -0.25) is 19.2 Å². The SMILES string of the molecule is CC(C)(C)OC(=O)N1CCN(Cc2cc(-n3ccc(=O)[nH]c3=O)cc(C(C)(C)C)c2O)CC1. The minimum atomic E-state index is -0.538. The van der Waals surface area contributed by atoms with Crippen LogP contribution < -0.4 is 11.2 Å². The molecule has 0 radical (unpaired) electrons. The second-order valence-electron chi connectivity index (χ2n) is 10.5. The van der Waals surface area contributed by atoms with E-state index in [0.29, 0.717) is 49.5 Å². The van der Waals surface area contributed by atoms with E-state index in [4.69, 9.17) is 4.74 Å². The van der Waals surface area contributed by atoms with Crippen LogP contribution in [-0.4, -0.2) is 62.3 Å². The van der Waals surface area contributed by atoms with E-state index in [1.54, 1.807) is 17.0 Å². The smallest absolute Gasteiger partial charge is 0.410 e. The molecule has 0 saturated carbocycles. The molecule has 0 bridgehead atoms. The van der Waals surface area contributed by atoms with Gasteiger partial charge in [-0.2, -0.15) is 0 Å². The molecule has 2 heterocycles. The third-order valence-corrected chi connectivity index (χ3v) is 5.50. The van der Waals surface area contributed by atoms with Crippen molar-refractivity contribution >= 4 is 6.09 Å². The quantitative estimate of drug-likeness (QED) is 0.732. The van der Waals surface area contributed by atoms with Crippen molar-refractivity contribution in [1.29, 1.82) is 0 Å². The van der Waals surface area contributed by atoms with Gasteiger partial charge in [-0.15, -0.1) is 0 Å². The molecule has 0 aliphatic carbocycles. The third-order valence-electron chi connectivity index (χ3n) is 5.50. The van der Waals surface area contributed by atoms with Gasteiger partial charge in [-0.05, 0) is 38.3 Å². The first kappa shape index (κ1) is 24.6. The van der Waals surface area contributed by atoms with Crippen LogP contribution in [0.15, 0.2) is 34.0 Å². The lowest BCUT2D eigenvalue weighted by molar-refractivity contribution is 0.0138. The van der Waals surface area contributed by atoms with E-state index in [2.05, 4.69) is 9.88 Å². The van der Waals surface area contributed by atoms with Crippen LogP contribution in [0.3, 0.4) is 0 Å². The number of phenolic OH excluding ortho intramolecular Hbond substituents is 1. The maximum atomic E-state index is 12.4. The highest BCUT2D eigenvalue weighted by Gasteiger charge is 2.27. The van der Waals surface area contributed by atoms with Gasteiger partial charge in [0.05, 0.1) is 5.69 Å². The Balaban J connectivity index is 1.85. The summed E-state index contributed by atoms with van der Waals surface area (Å²) in [5.41, 5.74) is 0.0573. The lowest BCUT2D eigenvalue weighted by Gasteiger charge is -2.36. The molecule has 1 saturated heterocycles. The Kier molecular flexibility index (Phi) is 6.74. The zero-order valence-electron chi connectivity index (χ0n) is 20.3. The highest BCUT2D eigenvalue weighted by molar-refractivity contribution is 5.68. The lowest BCUT2D eigenvalue weighted by Crippen LogP contribution is -2.49. The van der Waals surface area contributed by atoms with Crippen LogP contribution in [0.2, 0.25) is 0 Å². The van der Waals surface area contributed by atoms with Crippen LogP contribution in [-0.2, 0) is 16.7 Å². The number of ether oxygens (including phenoxy) is 1. The molecule has 1 aliphatic rings. The monoisotopic (exact) mass is 458 g/mol. The first-order valence-electron chi connectivity index (χ1n) is 11.1. The van der Waals surface area contributed by atoms with Gasteiger partial charge < -0.3 is 14.7 Å². The molecule has 0 spiro atoms. The molecule has 0 atom stereocenters. The van der Waals surface area contributed by atoms with Crippen molar-refractivity contribution in [3.8, 4) is 11.4 Å². The summed E-state index contributed by atoms with van der Waals surface area (Å²) in [5.74, 6) is 0.193. The number of hydrogen-bond donors (Lipinski definition) is 2. The molecule has 1 aromatic heterocycles. The van der Waals surface area contributed by atoms with Crippen LogP contribution in [0.25, 0.3) is 5.69 Å². The van der Waals surface area contributed by atoms with Gasteiger partial charge in [0.15, 0.2) is 0 Å². The van der Waals surface area contributed by atoms with Gasteiger partial charge in [-0.1, -0.05) is 20.8 Å². The number of H-pyrrole nitrogens is 1. The van der Waals surface area contributed by atoms with Crippen molar-refractivity contribution in [3.63, 3.8) is 0 Å². The van der Waals surface area contributed by atoms with E-state index in [0.717, 1.165) is 0 Å². The molecule has 3 rings (SSSR count).